The number of hydrogen-bond acceptors (Lipinski definition) is 3. The van der Waals surface area contributed by atoms with Crippen molar-refractivity contribution < 1.29 is 9.47 Å². The number of methoxy groups -OCH3 is 1. The predicted octanol–water partition coefficient (Wildman–Crippen LogP) is 4.36. The Morgan fingerprint density at radius 2 is 1.90 bits per heavy atom. The van der Waals surface area contributed by atoms with Gasteiger partial charge in [0.25, 0.3) is 0 Å². The Morgan fingerprint density at radius 3 is 2.55 bits per heavy atom. The maximum Gasteiger partial charge on any atom is 0.162 e. The van der Waals surface area contributed by atoms with E-state index in [-0.39, 0.29) is 6.10 Å². The summed E-state index contributed by atoms with van der Waals surface area (Å²) in [5.41, 5.74) is 1.43. The van der Waals surface area contributed by atoms with E-state index in [1.807, 2.05) is 31.2 Å². The molecule has 0 radical (unpaired) electrons. The Morgan fingerprint density at radius 1 is 1.15 bits per heavy atom. The standard InChI is InChI=1S/C16H14ClNO2/c1-11(13-5-3-4-6-14(13)17)20-15-8-7-12(10-18)9-16(15)19-2/h3-9,11H,1-2H3/t11-/m0/s1. The maximum absolute atomic E-state index is 8.88. The van der Waals surface area contributed by atoms with Crippen LogP contribution in [0.5, 0.6) is 11.5 Å². The summed E-state index contributed by atoms with van der Waals surface area (Å²) in [4.78, 5) is 0. The van der Waals surface area contributed by atoms with E-state index < -0.39 is 0 Å². The first kappa shape index (κ1) is 14.2. The molecule has 0 unspecified atom stereocenters. The highest BCUT2D eigenvalue weighted by Crippen LogP contribution is 2.33. The number of nitrogens with zero attached hydrogens (tertiary/aromatic N) is 1. The van der Waals surface area contributed by atoms with Crippen LogP contribution in [0.3, 0.4) is 0 Å². The minimum atomic E-state index is -0.217. The summed E-state index contributed by atoms with van der Waals surface area (Å²) in [6.45, 7) is 1.92. The zero-order valence-corrected chi connectivity index (χ0v) is 12.0. The van der Waals surface area contributed by atoms with Crippen molar-refractivity contribution in [1.29, 1.82) is 5.26 Å². The van der Waals surface area contributed by atoms with E-state index in [4.69, 9.17) is 26.3 Å². The van der Waals surface area contributed by atoms with Gasteiger partial charge in [0.1, 0.15) is 6.10 Å². The number of nitriles is 1. The van der Waals surface area contributed by atoms with Crippen LogP contribution in [-0.4, -0.2) is 7.11 Å². The Bertz CT molecular complexity index is 649. The lowest BCUT2D eigenvalue weighted by Gasteiger charge is -2.18. The molecule has 4 heteroatoms. The monoisotopic (exact) mass is 287 g/mol. The molecule has 2 rings (SSSR count). The number of halogens is 1. The molecule has 20 heavy (non-hydrogen) atoms. The van der Waals surface area contributed by atoms with Gasteiger partial charge in [0.15, 0.2) is 11.5 Å². The van der Waals surface area contributed by atoms with Gasteiger partial charge < -0.3 is 9.47 Å². The molecule has 0 aliphatic heterocycles. The van der Waals surface area contributed by atoms with Crippen LogP contribution in [0.25, 0.3) is 0 Å². The van der Waals surface area contributed by atoms with Gasteiger partial charge in [-0.25, -0.2) is 0 Å². The van der Waals surface area contributed by atoms with Crippen LogP contribution in [0, 0.1) is 11.3 Å². The number of hydrogen-bond donors (Lipinski definition) is 0. The molecule has 0 aliphatic rings. The van der Waals surface area contributed by atoms with Crippen LogP contribution in [0.15, 0.2) is 42.5 Å². The van der Waals surface area contributed by atoms with E-state index in [1.54, 1.807) is 25.3 Å². The number of benzene rings is 2. The lowest BCUT2D eigenvalue weighted by molar-refractivity contribution is 0.216. The second-order valence-corrected chi connectivity index (χ2v) is 4.67. The average molecular weight is 288 g/mol. The van der Waals surface area contributed by atoms with Crippen molar-refractivity contribution in [2.75, 3.05) is 7.11 Å². The van der Waals surface area contributed by atoms with Crippen molar-refractivity contribution in [3.05, 3.63) is 58.6 Å². The van der Waals surface area contributed by atoms with Crippen LogP contribution in [0.1, 0.15) is 24.2 Å². The van der Waals surface area contributed by atoms with Gasteiger partial charge in [-0.3, -0.25) is 0 Å². The summed E-state index contributed by atoms with van der Waals surface area (Å²) in [7, 11) is 1.55. The van der Waals surface area contributed by atoms with Crippen molar-refractivity contribution in [2.24, 2.45) is 0 Å². The molecule has 2 aromatic rings. The second-order valence-electron chi connectivity index (χ2n) is 4.26. The fourth-order valence-electron chi connectivity index (χ4n) is 1.89. The van der Waals surface area contributed by atoms with Gasteiger partial charge in [-0.1, -0.05) is 29.8 Å². The summed E-state index contributed by atoms with van der Waals surface area (Å²) in [5.74, 6) is 1.11. The molecule has 102 valence electrons. The van der Waals surface area contributed by atoms with Crippen LogP contribution >= 0.6 is 11.6 Å². The molecule has 2 aromatic carbocycles. The third-order valence-electron chi connectivity index (χ3n) is 2.94. The van der Waals surface area contributed by atoms with Gasteiger partial charge in [0, 0.05) is 16.7 Å². The minimum Gasteiger partial charge on any atom is -0.493 e. The number of ether oxygens (including phenoxy) is 2. The lowest BCUT2D eigenvalue weighted by Crippen LogP contribution is -2.05. The van der Waals surface area contributed by atoms with Crippen molar-refractivity contribution in [3.63, 3.8) is 0 Å². The summed E-state index contributed by atoms with van der Waals surface area (Å²) >= 11 is 6.15. The minimum absolute atomic E-state index is 0.217. The van der Waals surface area contributed by atoms with Gasteiger partial charge in [0.2, 0.25) is 0 Å². The molecule has 0 spiro atoms. The van der Waals surface area contributed by atoms with E-state index >= 15 is 0 Å². The highest BCUT2D eigenvalue weighted by molar-refractivity contribution is 6.31. The van der Waals surface area contributed by atoms with Gasteiger partial charge in [-0.15, -0.1) is 0 Å². The molecular formula is C16H14ClNO2. The molecule has 3 nitrogen and oxygen atoms in total. The molecule has 0 saturated heterocycles. The van der Waals surface area contributed by atoms with E-state index in [9.17, 15) is 0 Å². The molecule has 0 bridgehead atoms. The van der Waals surface area contributed by atoms with Crippen molar-refractivity contribution in [1.82, 2.24) is 0 Å². The smallest absolute Gasteiger partial charge is 0.162 e. The van der Waals surface area contributed by atoms with Gasteiger partial charge in [-0.05, 0) is 25.1 Å². The topological polar surface area (TPSA) is 42.2 Å². The van der Waals surface area contributed by atoms with Crippen molar-refractivity contribution in [2.45, 2.75) is 13.0 Å². The quantitative estimate of drug-likeness (QED) is 0.839. The Hall–Kier alpha value is -2.18. The molecular weight excluding hydrogens is 274 g/mol. The largest absolute Gasteiger partial charge is 0.493 e. The first-order chi connectivity index (χ1) is 9.65. The van der Waals surface area contributed by atoms with Gasteiger partial charge >= 0.3 is 0 Å². The predicted molar refractivity (Wildman–Crippen MR) is 78.2 cm³/mol. The highest BCUT2D eigenvalue weighted by atomic mass is 35.5. The Labute approximate surface area is 123 Å². The van der Waals surface area contributed by atoms with E-state index in [0.717, 1.165) is 5.56 Å². The third-order valence-corrected chi connectivity index (χ3v) is 3.28. The first-order valence-electron chi connectivity index (χ1n) is 6.15. The van der Waals surface area contributed by atoms with Crippen LogP contribution in [0.4, 0.5) is 0 Å². The van der Waals surface area contributed by atoms with Crippen LogP contribution in [0.2, 0.25) is 5.02 Å². The van der Waals surface area contributed by atoms with E-state index in [1.165, 1.54) is 0 Å². The van der Waals surface area contributed by atoms with Crippen molar-refractivity contribution in [3.8, 4) is 17.6 Å². The summed E-state index contributed by atoms with van der Waals surface area (Å²) in [6, 6.07) is 14.7. The third kappa shape index (κ3) is 3.04. The maximum atomic E-state index is 8.88. The molecule has 1 atom stereocenters. The molecule has 0 heterocycles. The van der Waals surface area contributed by atoms with Crippen LogP contribution in [-0.2, 0) is 0 Å². The first-order valence-corrected chi connectivity index (χ1v) is 6.52. The summed E-state index contributed by atoms with van der Waals surface area (Å²) < 4.78 is 11.1. The van der Waals surface area contributed by atoms with E-state index in [0.29, 0.717) is 22.1 Å². The van der Waals surface area contributed by atoms with Gasteiger partial charge in [0.05, 0.1) is 18.7 Å². The van der Waals surface area contributed by atoms with Crippen LogP contribution < -0.4 is 9.47 Å². The lowest BCUT2D eigenvalue weighted by atomic mass is 10.1. The Kier molecular flexibility index (Phi) is 4.49. The summed E-state index contributed by atoms with van der Waals surface area (Å²) in [5, 5.41) is 9.54. The van der Waals surface area contributed by atoms with E-state index in [2.05, 4.69) is 6.07 Å². The molecule has 0 amide bonds. The molecule has 0 saturated carbocycles. The molecule has 0 fully saturated rings. The Balaban J connectivity index is 2.26. The fourth-order valence-corrected chi connectivity index (χ4v) is 2.18. The van der Waals surface area contributed by atoms with Crippen molar-refractivity contribution >= 4 is 11.6 Å². The average Bonchev–Trinajstić information content (AvgIpc) is 2.48. The molecule has 0 aliphatic carbocycles. The fraction of sp³-hybridized carbons (Fsp3) is 0.188. The normalized spacial score (nSPS) is 11.5. The zero-order chi connectivity index (χ0) is 14.5. The SMILES string of the molecule is COc1cc(C#N)ccc1O[C@@H](C)c1ccccc1Cl. The molecule has 0 aromatic heterocycles. The van der Waals surface area contributed by atoms with Gasteiger partial charge in [-0.2, -0.15) is 5.26 Å². The zero-order valence-electron chi connectivity index (χ0n) is 11.3. The summed E-state index contributed by atoms with van der Waals surface area (Å²) in [6.07, 6.45) is -0.217. The highest BCUT2D eigenvalue weighted by Gasteiger charge is 2.14. The second kappa shape index (κ2) is 6.31. The number of rotatable bonds is 4. The molecule has 0 N–H and O–H groups in total.